The van der Waals surface area contributed by atoms with Gasteiger partial charge in [0.25, 0.3) is 0 Å². The molecule has 0 N–H and O–H groups in total. The van der Waals surface area contributed by atoms with Crippen molar-refractivity contribution in [3.05, 3.63) is 29.3 Å². The molecule has 0 aliphatic carbocycles. The molecule has 0 aliphatic rings. The van der Waals surface area contributed by atoms with E-state index in [2.05, 4.69) is 5.92 Å². The third kappa shape index (κ3) is 1.46. The molecule has 12 heavy (non-hydrogen) atoms. The molecule has 1 aromatic rings. The molecule has 0 unspecified atom stereocenters. The minimum atomic E-state index is 0.559. The van der Waals surface area contributed by atoms with E-state index in [0.29, 0.717) is 16.9 Å². The number of terminal acetylenes is 1. The van der Waals surface area contributed by atoms with Gasteiger partial charge in [0, 0.05) is 5.56 Å². The second-order valence-corrected chi connectivity index (χ2v) is 2.22. The van der Waals surface area contributed by atoms with Gasteiger partial charge in [-0.25, -0.2) is 0 Å². The maximum atomic E-state index is 10.4. The summed E-state index contributed by atoms with van der Waals surface area (Å²) in [6.45, 7) is 0. The number of ether oxygens (including phenoxy) is 1. The molecule has 0 spiro atoms. The highest BCUT2D eigenvalue weighted by molar-refractivity contribution is 5.76. The Bertz CT molecular complexity index is 334. The van der Waals surface area contributed by atoms with Gasteiger partial charge in [-0.3, -0.25) is 4.79 Å². The van der Waals surface area contributed by atoms with Gasteiger partial charge in [-0.05, 0) is 18.2 Å². The summed E-state index contributed by atoms with van der Waals surface area (Å²) in [5.41, 5.74) is 1.16. The fraction of sp³-hybridized carbons (Fsp3) is 0.100. The lowest BCUT2D eigenvalue weighted by Crippen LogP contribution is -1.89. The molecule has 0 heterocycles. The Balaban J connectivity index is 3.21. The molecule has 0 aromatic heterocycles. The van der Waals surface area contributed by atoms with E-state index in [1.807, 2.05) is 0 Å². The first-order valence-electron chi connectivity index (χ1n) is 3.41. The van der Waals surface area contributed by atoms with Gasteiger partial charge >= 0.3 is 0 Å². The Morgan fingerprint density at radius 3 is 2.83 bits per heavy atom. The van der Waals surface area contributed by atoms with Crippen LogP contribution >= 0.6 is 0 Å². The number of rotatable bonds is 2. The molecule has 0 bridgehead atoms. The topological polar surface area (TPSA) is 26.3 Å². The molecule has 0 fully saturated rings. The van der Waals surface area contributed by atoms with Crippen LogP contribution < -0.4 is 4.74 Å². The SMILES string of the molecule is C#Cc1cc(C=O)ccc1OC. The molecule has 0 atom stereocenters. The molecule has 0 amide bonds. The summed E-state index contributed by atoms with van der Waals surface area (Å²) in [4.78, 5) is 10.4. The van der Waals surface area contributed by atoms with Crippen LogP contribution in [0.25, 0.3) is 0 Å². The van der Waals surface area contributed by atoms with E-state index in [1.54, 1.807) is 18.2 Å². The normalized spacial score (nSPS) is 8.67. The Labute approximate surface area is 71.2 Å². The highest BCUT2D eigenvalue weighted by Gasteiger charge is 1.99. The van der Waals surface area contributed by atoms with Crippen molar-refractivity contribution in [1.82, 2.24) is 0 Å². The second-order valence-electron chi connectivity index (χ2n) is 2.22. The van der Waals surface area contributed by atoms with Crippen LogP contribution in [0.1, 0.15) is 15.9 Å². The van der Waals surface area contributed by atoms with E-state index < -0.39 is 0 Å². The Morgan fingerprint density at radius 2 is 2.33 bits per heavy atom. The van der Waals surface area contributed by atoms with E-state index in [1.165, 1.54) is 7.11 Å². The molecule has 1 rings (SSSR count). The molecule has 0 radical (unpaired) electrons. The lowest BCUT2D eigenvalue weighted by atomic mass is 10.1. The fourth-order valence-electron chi connectivity index (χ4n) is 0.912. The number of benzene rings is 1. The van der Waals surface area contributed by atoms with Crippen LogP contribution in [0.15, 0.2) is 18.2 Å². The van der Waals surface area contributed by atoms with Crippen molar-refractivity contribution in [3.8, 4) is 18.1 Å². The largest absolute Gasteiger partial charge is 0.495 e. The molecule has 0 saturated carbocycles. The lowest BCUT2D eigenvalue weighted by molar-refractivity contribution is 0.112. The van der Waals surface area contributed by atoms with Crippen molar-refractivity contribution < 1.29 is 9.53 Å². The average Bonchev–Trinajstić information content (AvgIpc) is 2.16. The first-order chi connectivity index (χ1) is 5.81. The minimum Gasteiger partial charge on any atom is -0.495 e. The van der Waals surface area contributed by atoms with Gasteiger partial charge in [-0.1, -0.05) is 5.92 Å². The molecule has 1 aromatic carbocycles. The van der Waals surface area contributed by atoms with Gasteiger partial charge in [-0.15, -0.1) is 6.42 Å². The number of methoxy groups -OCH3 is 1. The van der Waals surface area contributed by atoms with Crippen LogP contribution in [0.5, 0.6) is 5.75 Å². The van der Waals surface area contributed by atoms with Crippen LogP contribution in [-0.4, -0.2) is 13.4 Å². The monoisotopic (exact) mass is 160 g/mol. The van der Waals surface area contributed by atoms with Gasteiger partial charge in [-0.2, -0.15) is 0 Å². The Morgan fingerprint density at radius 1 is 1.58 bits per heavy atom. The van der Waals surface area contributed by atoms with Gasteiger partial charge in [0.15, 0.2) is 0 Å². The van der Waals surface area contributed by atoms with Crippen LogP contribution in [0, 0.1) is 12.3 Å². The van der Waals surface area contributed by atoms with Gasteiger partial charge in [0.1, 0.15) is 12.0 Å². The third-order valence-corrected chi connectivity index (χ3v) is 1.52. The summed E-state index contributed by atoms with van der Waals surface area (Å²) >= 11 is 0. The third-order valence-electron chi connectivity index (χ3n) is 1.52. The highest BCUT2D eigenvalue weighted by atomic mass is 16.5. The summed E-state index contributed by atoms with van der Waals surface area (Å²) < 4.78 is 4.98. The number of hydrogen-bond acceptors (Lipinski definition) is 2. The smallest absolute Gasteiger partial charge is 0.150 e. The van der Waals surface area contributed by atoms with E-state index in [9.17, 15) is 4.79 Å². The van der Waals surface area contributed by atoms with E-state index in [0.717, 1.165) is 6.29 Å². The summed E-state index contributed by atoms with van der Waals surface area (Å²) in [6.07, 6.45) is 5.95. The first kappa shape index (κ1) is 8.35. The predicted molar refractivity (Wildman–Crippen MR) is 46.3 cm³/mol. The Hall–Kier alpha value is -1.75. The van der Waals surface area contributed by atoms with Crippen molar-refractivity contribution >= 4 is 6.29 Å². The molecule has 0 saturated heterocycles. The van der Waals surface area contributed by atoms with E-state index in [4.69, 9.17) is 11.2 Å². The van der Waals surface area contributed by atoms with Crippen molar-refractivity contribution in [2.75, 3.05) is 7.11 Å². The highest BCUT2D eigenvalue weighted by Crippen LogP contribution is 2.17. The van der Waals surface area contributed by atoms with E-state index >= 15 is 0 Å². The Kier molecular flexibility index (Phi) is 2.49. The zero-order chi connectivity index (χ0) is 8.97. The average molecular weight is 160 g/mol. The van der Waals surface area contributed by atoms with Crippen molar-refractivity contribution in [2.45, 2.75) is 0 Å². The summed E-state index contributed by atoms with van der Waals surface area (Å²) in [5, 5.41) is 0. The summed E-state index contributed by atoms with van der Waals surface area (Å²) in [5.74, 6) is 3.05. The molecule has 2 heteroatoms. The first-order valence-corrected chi connectivity index (χ1v) is 3.41. The standard InChI is InChI=1S/C10H8O2/c1-3-9-6-8(7-11)4-5-10(9)12-2/h1,4-7H,2H3. The second kappa shape index (κ2) is 3.59. The number of aldehydes is 1. The minimum absolute atomic E-state index is 0.559. The zero-order valence-electron chi connectivity index (χ0n) is 6.70. The van der Waals surface area contributed by atoms with E-state index in [-0.39, 0.29) is 0 Å². The summed E-state index contributed by atoms with van der Waals surface area (Å²) in [6, 6.07) is 4.96. The zero-order valence-corrected chi connectivity index (χ0v) is 6.70. The van der Waals surface area contributed by atoms with Crippen LogP contribution in [0.2, 0.25) is 0 Å². The number of hydrogen-bond donors (Lipinski definition) is 0. The molecular formula is C10H8O2. The predicted octanol–water partition coefficient (Wildman–Crippen LogP) is 1.49. The van der Waals surface area contributed by atoms with Crippen LogP contribution in [-0.2, 0) is 0 Å². The summed E-state index contributed by atoms with van der Waals surface area (Å²) in [7, 11) is 1.54. The van der Waals surface area contributed by atoms with Crippen molar-refractivity contribution in [1.29, 1.82) is 0 Å². The van der Waals surface area contributed by atoms with Crippen LogP contribution in [0.3, 0.4) is 0 Å². The fourth-order valence-corrected chi connectivity index (χ4v) is 0.912. The van der Waals surface area contributed by atoms with Gasteiger partial charge in [0.05, 0.1) is 12.7 Å². The van der Waals surface area contributed by atoms with Gasteiger partial charge in [0.2, 0.25) is 0 Å². The quantitative estimate of drug-likeness (QED) is 0.484. The van der Waals surface area contributed by atoms with Crippen molar-refractivity contribution in [2.24, 2.45) is 0 Å². The number of carbonyl (C=O) groups is 1. The maximum Gasteiger partial charge on any atom is 0.150 e. The van der Waals surface area contributed by atoms with Gasteiger partial charge < -0.3 is 4.74 Å². The van der Waals surface area contributed by atoms with Crippen molar-refractivity contribution in [3.63, 3.8) is 0 Å². The molecule has 2 nitrogen and oxygen atoms in total. The lowest BCUT2D eigenvalue weighted by Gasteiger charge is -2.02. The molecule has 0 aliphatic heterocycles. The maximum absolute atomic E-state index is 10.4. The van der Waals surface area contributed by atoms with Crippen LogP contribution in [0.4, 0.5) is 0 Å². The molecule has 60 valence electrons. The molecular weight excluding hydrogens is 152 g/mol. The number of carbonyl (C=O) groups excluding carboxylic acids is 1.